The maximum absolute atomic E-state index is 13.0. The van der Waals surface area contributed by atoms with Gasteiger partial charge in [0.05, 0.1) is 7.11 Å². The number of amides is 1. The Morgan fingerprint density at radius 2 is 1.62 bits per heavy atom. The van der Waals surface area contributed by atoms with Crippen LogP contribution in [0.5, 0.6) is 11.5 Å². The van der Waals surface area contributed by atoms with Gasteiger partial charge < -0.3 is 14.8 Å². The van der Waals surface area contributed by atoms with E-state index in [1.165, 1.54) is 24.3 Å². The lowest BCUT2D eigenvalue weighted by Gasteiger charge is -2.13. The summed E-state index contributed by atoms with van der Waals surface area (Å²) >= 11 is 5.23. The normalized spacial score (nSPS) is 10.1. The van der Waals surface area contributed by atoms with Crippen molar-refractivity contribution in [1.29, 1.82) is 0 Å². The first-order valence-electron chi connectivity index (χ1n) is 8.78. The number of thiocarbonyl (C=S) groups is 1. The monoisotopic (exact) mass is 410 g/mol. The molecular weight excluding hydrogens is 391 g/mol. The quantitative estimate of drug-likeness (QED) is 0.585. The van der Waals surface area contributed by atoms with Gasteiger partial charge >= 0.3 is 0 Å². The maximum Gasteiger partial charge on any atom is 0.257 e. The Morgan fingerprint density at radius 3 is 2.31 bits per heavy atom. The topological polar surface area (TPSA) is 59.6 Å². The minimum Gasteiger partial charge on any atom is -0.497 e. The number of rotatable bonds is 6. The molecule has 148 valence electrons. The SMILES string of the molecule is COc1ccc(NC(=S)NC(=O)c2ccccc2COc2ccc(F)cc2)cc1. The lowest BCUT2D eigenvalue weighted by atomic mass is 10.1. The summed E-state index contributed by atoms with van der Waals surface area (Å²) in [5.41, 5.74) is 1.85. The maximum atomic E-state index is 13.0. The van der Waals surface area contributed by atoms with E-state index in [2.05, 4.69) is 10.6 Å². The van der Waals surface area contributed by atoms with Gasteiger partial charge in [-0.1, -0.05) is 18.2 Å². The van der Waals surface area contributed by atoms with Gasteiger partial charge in [-0.05, 0) is 66.8 Å². The molecule has 0 bridgehead atoms. The summed E-state index contributed by atoms with van der Waals surface area (Å²) in [6.45, 7) is 0.161. The van der Waals surface area contributed by atoms with Gasteiger partial charge in [0.25, 0.3) is 5.91 Å². The van der Waals surface area contributed by atoms with Gasteiger partial charge in [0.1, 0.15) is 23.9 Å². The Balaban J connectivity index is 1.62. The van der Waals surface area contributed by atoms with Crippen molar-refractivity contribution in [2.75, 3.05) is 12.4 Å². The Labute approximate surface area is 173 Å². The third-order valence-corrected chi connectivity index (χ3v) is 4.25. The molecule has 0 unspecified atom stereocenters. The molecule has 0 saturated heterocycles. The molecule has 0 spiro atoms. The van der Waals surface area contributed by atoms with Crippen molar-refractivity contribution in [3.63, 3.8) is 0 Å². The first kappa shape index (κ1) is 20.3. The third kappa shape index (κ3) is 5.76. The lowest BCUT2D eigenvalue weighted by Crippen LogP contribution is -2.34. The predicted molar refractivity (Wildman–Crippen MR) is 114 cm³/mol. The second-order valence-electron chi connectivity index (χ2n) is 6.04. The van der Waals surface area contributed by atoms with Gasteiger partial charge in [-0.3, -0.25) is 10.1 Å². The number of hydrogen-bond donors (Lipinski definition) is 2. The molecule has 0 aliphatic carbocycles. The molecule has 0 fully saturated rings. The van der Waals surface area contributed by atoms with Gasteiger partial charge in [-0.15, -0.1) is 0 Å². The van der Waals surface area contributed by atoms with Crippen LogP contribution < -0.4 is 20.1 Å². The first-order valence-corrected chi connectivity index (χ1v) is 9.18. The molecule has 0 atom stereocenters. The van der Waals surface area contributed by atoms with Crippen molar-refractivity contribution in [3.8, 4) is 11.5 Å². The molecule has 0 aromatic heterocycles. The van der Waals surface area contributed by atoms with Crippen LogP contribution in [0.2, 0.25) is 0 Å². The van der Waals surface area contributed by atoms with Crippen LogP contribution in [0.3, 0.4) is 0 Å². The van der Waals surface area contributed by atoms with Gasteiger partial charge in [0, 0.05) is 16.8 Å². The molecule has 5 nitrogen and oxygen atoms in total. The molecule has 29 heavy (non-hydrogen) atoms. The number of hydrogen-bond acceptors (Lipinski definition) is 4. The Hall–Kier alpha value is -3.45. The second kappa shape index (κ2) is 9.66. The van der Waals surface area contributed by atoms with E-state index in [0.717, 1.165) is 11.4 Å². The number of benzene rings is 3. The fourth-order valence-corrected chi connectivity index (χ4v) is 2.78. The number of carbonyl (C=O) groups excluding carboxylic acids is 1. The highest BCUT2D eigenvalue weighted by atomic mass is 32.1. The highest BCUT2D eigenvalue weighted by Gasteiger charge is 2.13. The average Bonchev–Trinajstić information content (AvgIpc) is 2.74. The summed E-state index contributed by atoms with van der Waals surface area (Å²) in [5, 5.41) is 5.79. The minimum atomic E-state index is -0.352. The molecule has 3 aromatic carbocycles. The van der Waals surface area contributed by atoms with Crippen LogP contribution >= 0.6 is 12.2 Å². The van der Waals surface area contributed by atoms with E-state index in [9.17, 15) is 9.18 Å². The highest BCUT2D eigenvalue weighted by Crippen LogP contribution is 2.17. The summed E-state index contributed by atoms with van der Waals surface area (Å²) in [4.78, 5) is 12.7. The number of halogens is 1. The molecule has 7 heteroatoms. The molecule has 3 rings (SSSR count). The van der Waals surface area contributed by atoms with Crippen LogP contribution in [0, 0.1) is 5.82 Å². The van der Waals surface area contributed by atoms with Crippen LogP contribution in [-0.2, 0) is 6.61 Å². The van der Waals surface area contributed by atoms with Gasteiger partial charge in [-0.25, -0.2) is 4.39 Å². The largest absolute Gasteiger partial charge is 0.497 e. The molecule has 2 N–H and O–H groups in total. The molecule has 0 heterocycles. The molecule has 0 radical (unpaired) electrons. The predicted octanol–water partition coefficient (Wildman–Crippen LogP) is 4.54. The Morgan fingerprint density at radius 1 is 0.966 bits per heavy atom. The number of carbonyl (C=O) groups is 1. The van der Waals surface area contributed by atoms with Crippen molar-refractivity contribution >= 4 is 28.9 Å². The zero-order valence-corrected chi connectivity index (χ0v) is 16.5. The zero-order valence-electron chi connectivity index (χ0n) is 15.6. The van der Waals surface area contributed by atoms with E-state index < -0.39 is 0 Å². The molecule has 0 saturated carbocycles. The molecule has 0 aliphatic heterocycles. The van der Waals surface area contributed by atoms with E-state index in [4.69, 9.17) is 21.7 Å². The number of ether oxygens (including phenoxy) is 2. The Bertz CT molecular complexity index is 992. The van der Waals surface area contributed by atoms with Crippen LogP contribution in [0.15, 0.2) is 72.8 Å². The van der Waals surface area contributed by atoms with E-state index >= 15 is 0 Å². The standard InChI is InChI=1S/C22H19FN2O3S/c1-27-18-12-8-17(9-13-18)24-22(29)25-21(26)20-5-3-2-4-15(20)14-28-19-10-6-16(23)7-11-19/h2-13H,14H2,1H3,(H2,24,25,26,29). The summed E-state index contributed by atoms with van der Waals surface area (Å²) in [6, 6.07) is 19.9. The zero-order chi connectivity index (χ0) is 20.6. The average molecular weight is 410 g/mol. The smallest absolute Gasteiger partial charge is 0.257 e. The molecule has 0 aliphatic rings. The molecule has 3 aromatic rings. The first-order chi connectivity index (χ1) is 14.0. The number of anilines is 1. The van der Waals surface area contributed by atoms with E-state index in [1.54, 1.807) is 49.6 Å². The summed E-state index contributed by atoms with van der Waals surface area (Å²) < 4.78 is 23.8. The molecule has 1 amide bonds. The van der Waals surface area contributed by atoms with Crippen molar-refractivity contribution in [2.45, 2.75) is 6.61 Å². The summed E-state index contributed by atoms with van der Waals surface area (Å²) in [6.07, 6.45) is 0. The van der Waals surface area contributed by atoms with Crippen molar-refractivity contribution in [2.24, 2.45) is 0 Å². The second-order valence-corrected chi connectivity index (χ2v) is 6.44. The molecular formula is C22H19FN2O3S. The van der Waals surface area contributed by atoms with Gasteiger partial charge in [0.2, 0.25) is 0 Å². The van der Waals surface area contributed by atoms with Crippen LogP contribution in [0.25, 0.3) is 0 Å². The number of methoxy groups -OCH3 is 1. The van der Waals surface area contributed by atoms with Crippen molar-refractivity contribution in [1.82, 2.24) is 5.32 Å². The van der Waals surface area contributed by atoms with E-state index in [0.29, 0.717) is 16.9 Å². The lowest BCUT2D eigenvalue weighted by molar-refractivity contribution is 0.0975. The third-order valence-electron chi connectivity index (χ3n) is 4.04. The fourth-order valence-electron chi connectivity index (χ4n) is 2.57. The van der Waals surface area contributed by atoms with E-state index in [1.807, 2.05) is 6.07 Å². The summed E-state index contributed by atoms with van der Waals surface area (Å²) in [7, 11) is 1.59. The van der Waals surface area contributed by atoms with Crippen LogP contribution in [0.1, 0.15) is 15.9 Å². The number of nitrogens with one attached hydrogen (secondary N) is 2. The van der Waals surface area contributed by atoms with Crippen molar-refractivity contribution < 1.29 is 18.7 Å². The Kier molecular flexibility index (Phi) is 6.76. The van der Waals surface area contributed by atoms with E-state index in [-0.39, 0.29) is 23.4 Å². The van der Waals surface area contributed by atoms with Crippen molar-refractivity contribution in [3.05, 3.63) is 89.7 Å². The van der Waals surface area contributed by atoms with Gasteiger partial charge in [0.15, 0.2) is 5.11 Å². The minimum absolute atomic E-state index is 0.161. The van der Waals surface area contributed by atoms with Crippen LogP contribution in [-0.4, -0.2) is 18.1 Å². The fraction of sp³-hybridized carbons (Fsp3) is 0.0909. The highest BCUT2D eigenvalue weighted by molar-refractivity contribution is 7.80. The summed E-state index contributed by atoms with van der Waals surface area (Å²) in [5.74, 6) is 0.545. The van der Waals surface area contributed by atoms with Gasteiger partial charge in [-0.2, -0.15) is 0 Å². The van der Waals surface area contributed by atoms with Crippen LogP contribution in [0.4, 0.5) is 10.1 Å².